The number of imidazole rings is 1. The molecule has 0 spiro atoms. The number of anilines is 1. The van der Waals surface area contributed by atoms with Crippen LogP contribution in [0.1, 0.15) is 11.1 Å². The quantitative estimate of drug-likeness (QED) is 0.739. The molecular formula is C17H18BrN5. The molecule has 3 heterocycles. The molecule has 0 fully saturated rings. The second-order valence-electron chi connectivity index (χ2n) is 5.83. The predicted octanol–water partition coefficient (Wildman–Crippen LogP) is 3.19. The zero-order chi connectivity index (χ0) is 15.6. The summed E-state index contributed by atoms with van der Waals surface area (Å²) in [6, 6.07) is 10.7. The predicted molar refractivity (Wildman–Crippen MR) is 95.5 cm³/mol. The highest BCUT2D eigenvalue weighted by Gasteiger charge is 2.15. The third-order valence-corrected chi connectivity index (χ3v) is 4.67. The van der Waals surface area contributed by atoms with Crippen molar-refractivity contribution in [3.8, 4) is 0 Å². The number of aromatic nitrogens is 3. The van der Waals surface area contributed by atoms with E-state index in [0.29, 0.717) is 0 Å². The van der Waals surface area contributed by atoms with E-state index in [1.807, 2.05) is 6.07 Å². The molecule has 1 aliphatic rings. The number of fused-ring (bicyclic) bond motifs is 2. The highest BCUT2D eigenvalue weighted by molar-refractivity contribution is 9.10. The van der Waals surface area contributed by atoms with Gasteiger partial charge in [-0.05, 0) is 39.5 Å². The van der Waals surface area contributed by atoms with Gasteiger partial charge in [0.05, 0.1) is 5.52 Å². The minimum atomic E-state index is 0.739. The second-order valence-corrected chi connectivity index (χ2v) is 6.75. The van der Waals surface area contributed by atoms with Gasteiger partial charge < -0.3 is 10.3 Å². The summed E-state index contributed by atoms with van der Waals surface area (Å²) in [5.74, 6) is 0.781. The maximum absolute atomic E-state index is 4.46. The molecule has 1 aromatic carbocycles. The summed E-state index contributed by atoms with van der Waals surface area (Å²) in [4.78, 5) is 14.5. The monoisotopic (exact) mass is 371 g/mol. The van der Waals surface area contributed by atoms with E-state index >= 15 is 0 Å². The van der Waals surface area contributed by atoms with E-state index in [-0.39, 0.29) is 0 Å². The second kappa shape index (κ2) is 6.29. The van der Waals surface area contributed by atoms with Gasteiger partial charge in [0.25, 0.3) is 0 Å². The van der Waals surface area contributed by atoms with Crippen molar-refractivity contribution in [2.75, 3.05) is 25.0 Å². The summed E-state index contributed by atoms with van der Waals surface area (Å²) in [6.45, 7) is 4.02. The Labute approximate surface area is 143 Å². The van der Waals surface area contributed by atoms with Crippen molar-refractivity contribution in [1.29, 1.82) is 0 Å². The largest absolute Gasteiger partial charge is 0.354 e. The van der Waals surface area contributed by atoms with Crippen molar-refractivity contribution >= 4 is 33.0 Å². The van der Waals surface area contributed by atoms with Crippen LogP contribution in [0.25, 0.3) is 11.2 Å². The molecule has 0 saturated heterocycles. The molecule has 4 rings (SSSR count). The Balaban J connectivity index is 1.35. The fourth-order valence-electron chi connectivity index (χ4n) is 3.04. The molecule has 5 nitrogen and oxygen atoms in total. The first-order valence-corrected chi connectivity index (χ1v) is 8.61. The third kappa shape index (κ3) is 3.23. The SMILES string of the molecule is Brc1cnc2nc(NCCN3CCc4ccccc4C3)[nH]c2c1. The van der Waals surface area contributed by atoms with Gasteiger partial charge in [0.1, 0.15) is 0 Å². The molecule has 0 bridgehead atoms. The van der Waals surface area contributed by atoms with Crippen molar-refractivity contribution in [1.82, 2.24) is 19.9 Å². The summed E-state index contributed by atoms with van der Waals surface area (Å²) >= 11 is 3.42. The van der Waals surface area contributed by atoms with E-state index in [4.69, 9.17) is 0 Å². The molecule has 0 radical (unpaired) electrons. The van der Waals surface area contributed by atoms with Crippen LogP contribution in [0.5, 0.6) is 0 Å². The average Bonchev–Trinajstić information content (AvgIpc) is 2.96. The smallest absolute Gasteiger partial charge is 0.202 e. The number of rotatable bonds is 4. The molecule has 0 unspecified atom stereocenters. The Kier molecular flexibility index (Phi) is 4.01. The van der Waals surface area contributed by atoms with Crippen LogP contribution < -0.4 is 5.32 Å². The average molecular weight is 372 g/mol. The molecule has 1 aliphatic heterocycles. The lowest BCUT2D eigenvalue weighted by molar-refractivity contribution is 0.264. The maximum atomic E-state index is 4.46. The van der Waals surface area contributed by atoms with E-state index in [1.54, 1.807) is 6.20 Å². The normalized spacial score (nSPS) is 14.8. The lowest BCUT2D eigenvalue weighted by Crippen LogP contribution is -2.34. The number of aromatic amines is 1. The van der Waals surface area contributed by atoms with Gasteiger partial charge >= 0.3 is 0 Å². The summed E-state index contributed by atoms with van der Waals surface area (Å²) < 4.78 is 0.951. The van der Waals surface area contributed by atoms with Gasteiger partial charge in [-0.2, -0.15) is 4.98 Å². The number of nitrogens with one attached hydrogen (secondary N) is 2. The van der Waals surface area contributed by atoms with Crippen LogP contribution in [0, 0.1) is 0 Å². The van der Waals surface area contributed by atoms with Gasteiger partial charge in [-0.15, -0.1) is 0 Å². The first-order valence-electron chi connectivity index (χ1n) is 7.82. The van der Waals surface area contributed by atoms with Crippen LogP contribution in [0.15, 0.2) is 41.0 Å². The molecule has 0 atom stereocenters. The Morgan fingerprint density at radius 3 is 3.04 bits per heavy atom. The van der Waals surface area contributed by atoms with Gasteiger partial charge in [0, 0.05) is 36.8 Å². The fraction of sp³-hybridized carbons (Fsp3) is 0.294. The molecule has 118 valence electrons. The first-order chi connectivity index (χ1) is 11.3. The van der Waals surface area contributed by atoms with E-state index in [9.17, 15) is 0 Å². The Bertz CT molecular complexity index is 829. The van der Waals surface area contributed by atoms with Crippen molar-refractivity contribution in [3.05, 3.63) is 52.1 Å². The summed E-state index contributed by atoms with van der Waals surface area (Å²) in [5, 5.41) is 3.36. The maximum Gasteiger partial charge on any atom is 0.202 e. The number of nitrogens with zero attached hydrogens (tertiary/aromatic N) is 3. The Morgan fingerprint density at radius 2 is 2.13 bits per heavy atom. The molecule has 2 N–H and O–H groups in total. The molecule has 2 aromatic heterocycles. The lowest BCUT2D eigenvalue weighted by atomic mass is 10.00. The summed E-state index contributed by atoms with van der Waals surface area (Å²) in [7, 11) is 0. The van der Waals surface area contributed by atoms with Gasteiger partial charge in [0.2, 0.25) is 5.95 Å². The van der Waals surface area contributed by atoms with Crippen LogP contribution in [-0.2, 0) is 13.0 Å². The van der Waals surface area contributed by atoms with E-state index < -0.39 is 0 Å². The zero-order valence-electron chi connectivity index (χ0n) is 12.7. The van der Waals surface area contributed by atoms with Gasteiger partial charge in [-0.1, -0.05) is 24.3 Å². The van der Waals surface area contributed by atoms with Gasteiger partial charge in [-0.3, -0.25) is 4.90 Å². The number of hydrogen-bond donors (Lipinski definition) is 2. The first kappa shape index (κ1) is 14.7. The Morgan fingerprint density at radius 1 is 1.26 bits per heavy atom. The summed E-state index contributed by atoms with van der Waals surface area (Å²) in [6.07, 6.45) is 2.90. The van der Waals surface area contributed by atoms with Crippen LogP contribution >= 0.6 is 15.9 Å². The number of benzene rings is 1. The number of H-pyrrole nitrogens is 1. The van der Waals surface area contributed by atoms with E-state index in [0.717, 1.165) is 54.2 Å². The molecule has 0 amide bonds. The zero-order valence-corrected chi connectivity index (χ0v) is 14.3. The van der Waals surface area contributed by atoms with Crippen LogP contribution in [0.3, 0.4) is 0 Å². The minimum Gasteiger partial charge on any atom is -0.354 e. The third-order valence-electron chi connectivity index (χ3n) is 4.23. The van der Waals surface area contributed by atoms with E-state index in [1.165, 1.54) is 11.1 Å². The molecule has 23 heavy (non-hydrogen) atoms. The van der Waals surface area contributed by atoms with Gasteiger partial charge in [0.15, 0.2) is 5.65 Å². The van der Waals surface area contributed by atoms with E-state index in [2.05, 4.69) is 65.4 Å². The molecule has 6 heteroatoms. The minimum absolute atomic E-state index is 0.739. The number of halogens is 1. The fourth-order valence-corrected chi connectivity index (χ4v) is 3.37. The van der Waals surface area contributed by atoms with Crippen molar-refractivity contribution in [3.63, 3.8) is 0 Å². The van der Waals surface area contributed by atoms with Crippen molar-refractivity contribution < 1.29 is 0 Å². The van der Waals surface area contributed by atoms with Crippen molar-refractivity contribution in [2.24, 2.45) is 0 Å². The Hall–Kier alpha value is -1.92. The number of pyridine rings is 1. The standard InChI is InChI=1S/C17H18BrN5/c18-14-9-15-16(20-10-14)22-17(21-15)19-6-8-23-7-5-12-3-1-2-4-13(12)11-23/h1-4,9-10H,5-8,11H2,(H2,19,20,21,22). The topological polar surface area (TPSA) is 56.8 Å². The van der Waals surface area contributed by atoms with Crippen LogP contribution in [-0.4, -0.2) is 39.5 Å². The highest BCUT2D eigenvalue weighted by Crippen LogP contribution is 2.19. The molecular weight excluding hydrogens is 354 g/mol. The van der Waals surface area contributed by atoms with Crippen LogP contribution in [0.4, 0.5) is 5.95 Å². The van der Waals surface area contributed by atoms with Gasteiger partial charge in [-0.25, -0.2) is 4.98 Å². The molecule has 0 aliphatic carbocycles. The van der Waals surface area contributed by atoms with Crippen molar-refractivity contribution in [2.45, 2.75) is 13.0 Å². The molecule has 3 aromatic rings. The van der Waals surface area contributed by atoms with Crippen LogP contribution in [0.2, 0.25) is 0 Å². The highest BCUT2D eigenvalue weighted by atomic mass is 79.9. The molecule has 0 saturated carbocycles. The lowest BCUT2D eigenvalue weighted by Gasteiger charge is -2.28. The number of hydrogen-bond acceptors (Lipinski definition) is 4. The summed E-state index contributed by atoms with van der Waals surface area (Å²) in [5.41, 5.74) is 4.62.